The second kappa shape index (κ2) is 8.95. The summed E-state index contributed by atoms with van der Waals surface area (Å²) >= 11 is 0. The van der Waals surface area contributed by atoms with Crippen molar-refractivity contribution >= 4 is 64.9 Å². The van der Waals surface area contributed by atoms with Gasteiger partial charge < -0.3 is 0 Å². The Morgan fingerprint density at radius 3 is 1.67 bits per heavy atom. The van der Waals surface area contributed by atoms with Crippen molar-refractivity contribution in [2.45, 2.75) is 0 Å². The Morgan fingerprint density at radius 1 is 0.357 bits per heavy atom. The van der Waals surface area contributed by atoms with Gasteiger partial charge in [0.05, 0.1) is 16.7 Å². The number of benzene rings is 7. The molecule has 0 fully saturated rings. The lowest BCUT2D eigenvalue weighted by Crippen LogP contribution is -1.93. The van der Waals surface area contributed by atoms with E-state index in [2.05, 4.69) is 133 Å². The van der Waals surface area contributed by atoms with Crippen molar-refractivity contribution in [2.75, 3.05) is 0 Å². The zero-order valence-corrected chi connectivity index (χ0v) is 22.8. The van der Waals surface area contributed by atoms with Crippen LogP contribution in [0, 0.1) is 0 Å². The molecule has 194 valence electrons. The molecule has 0 spiro atoms. The minimum atomic E-state index is 0.935. The van der Waals surface area contributed by atoms with Crippen LogP contribution >= 0.6 is 0 Å². The fraction of sp³-hybridized carbons (Fsp3) is 0. The molecule has 2 heteroatoms. The maximum atomic E-state index is 5.28. The van der Waals surface area contributed by atoms with Crippen LogP contribution in [0.15, 0.2) is 146 Å². The number of nitrogens with zero attached hydrogens (tertiary/aromatic N) is 2. The molecule has 0 saturated heterocycles. The zero-order chi connectivity index (χ0) is 27.6. The Kier molecular flexibility index (Phi) is 4.93. The van der Waals surface area contributed by atoms with Crippen molar-refractivity contribution in [3.05, 3.63) is 146 Å². The van der Waals surface area contributed by atoms with Gasteiger partial charge in [0.15, 0.2) is 0 Å². The van der Waals surface area contributed by atoms with Crippen molar-refractivity contribution in [3.8, 4) is 22.4 Å². The van der Waals surface area contributed by atoms with Crippen LogP contribution in [0.5, 0.6) is 0 Å². The number of rotatable bonds is 2. The fourth-order valence-electron chi connectivity index (χ4n) is 6.75. The van der Waals surface area contributed by atoms with E-state index in [9.17, 15) is 0 Å². The summed E-state index contributed by atoms with van der Waals surface area (Å²) < 4.78 is 0. The van der Waals surface area contributed by atoms with Crippen LogP contribution in [0.25, 0.3) is 87.3 Å². The largest absolute Gasteiger partial charge is 0.254 e. The van der Waals surface area contributed by atoms with Crippen LogP contribution in [-0.4, -0.2) is 9.97 Å². The molecular formula is C40H24N2. The smallest absolute Gasteiger partial charge is 0.0972 e. The van der Waals surface area contributed by atoms with Crippen LogP contribution < -0.4 is 0 Å². The molecule has 9 rings (SSSR count). The summed E-state index contributed by atoms with van der Waals surface area (Å²) in [7, 11) is 0. The van der Waals surface area contributed by atoms with E-state index in [4.69, 9.17) is 9.97 Å². The molecule has 2 heterocycles. The van der Waals surface area contributed by atoms with Gasteiger partial charge in [-0.05, 0) is 72.4 Å². The molecule has 0 atom stereocenters. The van der Waals surface area contributed by atoms with Gasteiger partial charge in [-0.15, -0.1) is 0 Å². The van der Waals surface area contributed by atoms with Gasteiger partial charge in [0.1, 0.15) is 0 Å². The van der Waals surface area contributed by atoms with Crippen LogP contribution in [0.1, 0.15) is 0 Å². The number of hydrogen-bond donors (Lipinski definition) is 0. The second-order valence-electron chi connectivity index (χ2n) is 11.0. The summed E-state index contributed by atoms with van der Waals surface area (Å²) in [6, 6.07) is 50.2. The van der Waals surface area contributed by atoms with Gasteiger partial charge in [0, 0.05) is 22.5 Å². The molecule has 0 bridgehead atoms. The van der Waals surface area contributed by atoms with Crippen molar-refractivity contribution in [2.24, 2.45) is 0 Å². The highest BCUT2D eigenvalue weighted by molar-refractivity contribution is 6.22. The molecule has 0 aliphatic heterocycles. The van der Waals surface area contributed by atoms with Crippen molar-refractivity contribution in [1.82, 2.24) is 9.97 Å². The van der Waals surface area contributed by atoms with Crippen molar-refractivity contribution in [3.63, 3.8) is 0 Å². The minimum absolute atomic E-state index is 0.935. The maximum Gasteiger partial charge on any atom is 0.0972 e. The lowest BCUT2D eigenvalue weighted by atomic mass is 9.86. The first-order valence-corrected chi connectivity index (χ1v) is 14.3. The Hall–Kier alpha value is -5.60. The van der Waals surface area contributed by atoms with Gasteiger partial charge in [-0.3, -0.25) is 4.98 Å². The summed E-state index contributed by atoms with van der Waals surface area (Å²) in [4.78, 5) is 9.99. The zero-order valence-electron chi connectivity index (χ0n) is 22.8. The molecule has 2 nitrogen and oxygen atoms in total. The van der Waals surface area contributed by atoms with Gasteiger partial charge in [-0.1, -0.05) is 121 Å². The van der Waals surface area contributed by atoms with E-state index >= 15 is 0 Å². The number of pyridine rings is 2. The number of hydrogen-bond acceptors (Lipinski definition) is 2. The Balaban J connectivity index is 1.36. The summed E-state index contributed by atoms with van der Waals surface area (Å²) in [6.45, 7) is 0. The summed E-state index contributed by atoms with van der Waals surface area (Å²) in [5.74, 6) is 0. The third-order valence-corrected chi connectivity index (χ3v) is 8.65. The van der Waals surface area contributed by atoms with E-state index in [1.807, 2.05) is 12.3 Å². The molecule has 0 saturated carbocycles. The van der Waals surface area contributed by atoms with E-state index in [1.54, 1.807) is 0 Å². The second-order valence-corrected chi connectivity index (χ2v) is 11.0. The van der Waals surface area contributed by atoms with Crippen LogP contribution in [0.3, 0.4) is 0 Å². The first-order chi connectivity index (χ1) is 20.8. The third kappa shape index (κ3) is 3.39. The number of aromatic nitrogens is 2. The standard InChI is InChI=1S/C40H24N2/c1-2-10-30-25(8-1)15-18-28-24-29(19-21-31(28)30)37-32-11-3-5-13-34(32)38(35-14-6-4-12-33(35)37)36-22-20-27-17-16-26-9-7-23-41-39(26)40(27)42-36/h1-24H. The van der Waals surface area contributed by atoms with E-state index in [0.29, 0.717) is 0 Å². The van der Waals surface area contributed by atoms with Crippen LogP contribution in [-0.2, 0) is 0 Å². The van der Waals surface area contributed by atoms with Gasteiger partial charge >= 0.3 is 0 Å². The Bertz CT molecular complexity index is 2470. The SMILES string of the molecule is c1ccc2c(c1)ccc1cc(-c3c4ccccc4c(-c4ccc5ccc6cccnc6c5n4)c4ccccc34)ccc12. The normalized spacial score (nSPS) is 11.8. The molecule has 0 N–H and O–H groups in total. The Labute approximate surface area is 242 Å². The first-order valence-electron chi connectivity index (χ1n) is 14.3. The highest BCUT2D eigenvalue weighted by atomic mass is 14.8. The monoisotopic (exact) mass is 532 g/mol. The third-order valence-electron chi connectivity index (χ3n) is 8.65. The van der Waals surface area contributed by atoms with Crippen molar-refractivity contribution < 1.29 is 0 Å². The molecule has 0 unspecified atom stereocenters. The van der Waals surface area contributed by atoms with Crippen molar-refractivity contribution in [1.29, 1.82) is 0 Å². The van der Waals surface area contributed by atoms with Gasteiger partial charge in [0.25, 0.3) is 0 Å². The van der Waals surface area contributed by atoms with E-state index in [1.165, 1.54) is 54.2 Å². The van der Waals surface area contributed by atoms with E-state index < -0.39 is 0 Å². The molecule has 9 aromatic rings. The maximum absolute atomic E-state index is 5.28. The molecule has 7 aromatic carbocycles. The summed E-state index contributed by atoms with van der Waals surface area (Å²) in [6.07, 6.45) is 1.85. The van der Waals surface area contributed by atoms with Gasteiger partial charge in [0.2, 0.25) is 0 Å². The predicted molar refractivity (Wildman–Crippen MR) is 178 cm³/mol. The lowest BCUT2D eigenvalue weighted by Gasteiger charge is -2.18. The minimum Gasteiger partial charge on any atom is -0.254 e. The molecule has 0 aliphatic rings. The number of fused-ring (bicyclic) bond motifs is 8. The average molecular weight is 533 g/mol. The van der Waals surface area contributed by atoms with Crippen LogP contribution in [0.2, 0.25) is 0 Å². The fourth-order valence-corrected chi connectivity index (χ4v) is 6.75. The summed E-state index contributed by atoms with van der Waals surface area (Å²) in [5, 5.41) is 12.1. The predicted octanol–water partition coefficient (Wildman–Crippen LogP) is 10.7. The highest BCUT2D eigenvalue weighted by Crippen LogP contribution is 2.44. The summed E-state index contributed by atoms with van der Waals surface area (Å²) in [5.41, 5.74) is 6.47. The molecular weight excluding hydrogens is 508 g/mol. The van der Waals surface area contributed by atoms with Gasteiger partial charge in [-0.2, -0.15) is 0 Å². The van der Waals surface area contributed by atoms with E-state index in [-0.39, 0.29) is 0 Å². The highest BCUT2D eigenvalue weighted by Gasteiger charge is 2.18. The topological polar surface area (TPSA) is 25.8 Å². The molecule has 0 amide bonds. The average Bonchev–Trinajstić information content (AvgIpc) is 3.06. The first kappa shape index (κ1) is 23.1. The molecule has 42 heavy (non-hydrogen) atoms. The van der Waals surface area contributed by atoms with E-state index in [0.717, 1.165) is 33.1 Å². The molecule has 0 aliphatic carbocycles. The lowest BCUT2D eigenvalue weighted by molar-refractivity contribution is 1.38. The van der Waals surface area contributed by atoms with Crippen LogP contribution in [0.4, 0.5) is 0 Å². The molecule has 0 radical (unpaired) electrons. The van der Waals surface area contributed by atoms with Gasteiger partial charge in [-0.25, -0.2) is 4.98 Å². The quantitative estimate of drug-likeness (QED) is 0.163. The Morgan fingerprint density at radius 2 is 0.905 bits per heavy atom. The molecule has 2 aromatic heterocycles.